The molecule has 2 heterocycles. The van der Waals surface area contributed by atoms with Gasteiger partial charge in [-0.1, -0.05) is 11.6 Å². The molecule has 8 heteroatoms. The first-order chi connectivity index (χ1) is 16.3. The van der Waals surface area contributed by atoms with Crippen LogP contribution in [0.15, 0.2) is 64.5 Å². The van der Waals surface area contributed by atoms with Crippen molar-refractivity contribution < 1.29 is 34.2 Å². The molecule has 8 nitrogen and oxygen atoms in total. The summed E-state index contributed by atoms with van der Waals surface area (Å²) in [5.41, 5.74) is 3.34. The molecule has 0 bridgehead atoms. The van der Waals surface area contributed by atoms with Crippen LogP contribution in [0.25, 0.3) is 0 Å². The van der Waals surface area contributed by atoms with Gasteiger partial charge in [-0.05, 0) is 55.5 Å². The van der Waals surface area contributed by atoms with Crippen LogP contribution in [0.5, 0.6) is 11.5 Å². The lowest BCUT2D eigenvalue weighted by Gasteiger charge is -2.43. The molecular weight excluding hydrogens is 438 g/mol. The Bertz CT molecular complexity index is 1340. The number of hydrogen-bond donors (Lipinski definition) is 2. The van der Waals surface area contributed by atoms with Crippen molar-refractivity contribution >= 4 is 23.4 Å². The van der Waals surface area contributed by atoms with Gasteiger partial charge in [-0.15, -0.1) is 0 Å². The van der Waals surface area contributed by atoms with Crippen molar-refractivity contribution in [1.29, 1.82) is 0 Å². The van der Waals surface area contributed by atoms with Crippen LogP contribution >= 0.6 is 0 Å². The molecule has 1 fully saturated rings. The lowest BCUT2D eigenvalue weighted by atomic mass is 9.58. The van der Waals surface area contributed by atoms with E-state index in [1.165, 1.54) is 12.1 Å². The maximum Gasteiger partial charge on any atom is 0.257 e. The molecule has 2 aliphatic heterocycles. The number of hydrogen-bond acceptors (Lipinski definition) is 7. The summed E-state index contributed by atoms with van der Waals surface area (Å²) >= 11 is 0. The van der Waals surface area contributed by atoms with Gasteiger partial charge in [0.05, 0.1) is 18.1 Å². The number of amides is 2. The average Bonchev–Trinajstić information content (AvgIpc) is 3.04. The highest BCUT2D eigenvalue weighted by Crippen LogP contribution is 2.54. The van der Waals surface area contributed by atoms with Crippen LogP contribution in [-0.4, -0.2) is 38.8 Å². The van der Waals surface area contributed by atoms with Gasteiger partial charge in [-0.3, -0.25) is 24.4 Å². The number of imide groups is 1. The predicted molar refractivity (Wildman–Crippen MR) is 116 cm³/mol. The van der Waals surface area contributed by atoms with E-state index in [2.05, 4.69) is 0 Å². The highest BCUT2D eigenvalue weighted by atomic mass is 16.5. The van der Waals surface area contributed by atoms with Crippen LogP contribution in [0.3, 0.4) is 0 Å². The van der Waals surface area contributed by atoms with E-state index in [0.717, 1.165) is 16.7 Å². The van der Waals surface area contributed by atoms with Crippen molar-refractivity contribution in [3.63, 3.8) is 0 Å². The Balaban J connectivity index is 1.50. The zero-order valence-corrected chi connectivity index (χ0v) is 18.3. The number of fused-ring (bicyclic) bond motifs is 4. The minimum atomic E-state index is -0.787. The Morgan fingerprint density at radius 3 is 2.68 bits per heavy atom. The molecule has 1 saturated heterocycles. The number of phenolic OH excluding ortho intramolecular Hbond substituents is 1. The van der Waals surface area contributed by atoms with Gasteiger partial charge in [0.2, 0.25) is 0 Å². The molecular formula is C26H21NO7. The molecule has 0 saturated carbocycles. The number of benzene rings is 1. The van der Waals surface area contributed by atoms with E-state index in [9.17, 15) is 29.5 Å². The SMILES string of the molecule is CC1=CC(=O)C2=C(CC3C(=CCC4C(=O)N(O)C(=O)C43)C2C2=COc3ccc(O)cc3C2)C1=O. The number of ketones is 2. The van der Waals surface area contributed by atoms with Gasteiger partial charge in [0.1, 0.15) is 11.5 Å². The smallest absolute Gasteiger partial charge is 0.257 e. The van der Waals surface area contributed by atoms with Gasteiger partial charge in [0, 0.05) is 34.6 Å². The maximum absolute atomic E-state index is 13.2. The van der Waals surface area contributed by atoms with Gasteiger partial charge in [0.25, 0.3) is 11.8 Å². The van der Waals surface area contributed by atoms with Crippen molar-refractivity contribution in [2.45, 2.75) is 26.2 Å². The summed E-state index contributed by atoms with van der Waals surface area (Å²) in [6.07, 6.45) is 5.61. The van der Waals surface area contributed by atoms with Gasteiger partial charge in [0.15, 0.2) is 11.6 Å². The molecule has 4 unspecified atom stereocenters. The summed E-state index contributed by atoms with van der Waals surface area (Å²) in [5, 5.41) is 20.2. The van der Waals surface area contributed by atoms with Gasteiger partial charge < -0.3 is 9.84 Å². The number of nitrogens with zero attached hydrogens (tertiary/aromatic N) is 1. The Kier molecular flexibility index (Phi) is 4.35. The van der Waals surface area contributed by atoms with Gasteiger partial charge >= 0.3 is 0 Å². The highest BCUT2D eigenvalue weighted by molar-refractivity contribution is 6.23. The molecule has 34 heavy (non-hydrogen) atoms. The Morgan fingerprint density at radius 1 is 1.09 bits per heavy atom. The summed E-state index contributed by atoms with van der Waals surface area (Å²) in [6, 6.07) is 4.79. The number of rotatable bonds is 1. The van der Waals surface area contributed by atoms with E-state index < -0.39 is 35.5 Å². The van der Waals surface area contributed by atoms with E-state index in [1.54, 1.807) is 25.3 Å². The van der Waals surface area contributed by atoms with Crippen LogP contribution in [0.4, 0.5) is 0 Å². The fraction of sp³-hybridized carbons (Fsp3) is 0.308. The number of aromatic hydroxyl groups is 1. The second-order valence-corrected chi connectivity index (χ2v) is 9.50. The van der Waals surface area contributed by atoms with E-state index in [0.29, 0.717) is 28.9 Å². The molecule has 0 spiro atoms. The summed E-state index contributed by atoms with van der Waals surface area (Å²) < 4.78 is 5.82. The second kappa shape index (κ2) is 7.11. The van der Waals surface area contributed by atoms with Crippen LogP contribution in [0.1, 0.15) is 25.3 Å². The number of hydroxylamine groups is 2. The third-order valence-corrected chi connectivity index (χ3v) is 7.69. The van der Waals surface area contributed by atoms with Gasteiger partial charge in [-0.2, -0.15) is 5.06 Å². The number of allylic oxidation sites excluding steroid dienone is 7. The zero-order chi connectivity index (χ0) is 23.9. The molecule has 2 N–H and O–H groups in total. The Morgan fingerprint density at radius 2 is 1.88 bits per heavy atom. The van der Waals surface area contributed by atoms with Crippen molar-refractivity contribution in [1.82, 2.24) is 5.06 Å². The van der Waals surface area contributed by atoms with Crippen molar-refractivity contribution in [2.24, 2.45) is 23.7 Å². The molecule has 5 aliphatic rings. The lowest BCUT2D eigenvalue weighted by Crippen LogP contribution is -2.41. The number of phenols is 1. The van der Waals surface area contributed by atoms with E-state index >= 15 is 0 Å². The van der Waals surface area contributed by atoms with Crippen molar-refractivity contribution in [3.8, 4) is 11.5 Å². The lowest BCUT2D eigenvalue weighted by molar-refractivity contribution is -0.173. The predicted octanol–water partition coefficient (Wildman–Crippen LogP) is 2.56. The van der Waals surface area contributed by atoms with Crippen LogP contribution in [-0.2, 0) is 25.6 Å². The summed E-state index contributed by atoms with van der Waals surface area (Å²) in [4.78, 5) is 51.7. The number of carbonyl (C=O) groups is 4. The monoisotopic (exact) mass is 459 g/mol. The van der Waals surface area contributed by atoms with E-state index in [4.69, 9.17) is 4.74 Å². The van der Waals surface area contributed by atoms with Crippen molar-refractivity contribution in [3.05, 3.63) is 70.0 Å². The molecule has 2 amide bonds. The zero-order valence-electron chi connectivity index (χ0n) is 18.3. The maximum atomic E-state index is 13.2. The molecule has 172 valence electrons. The number of ether oxygens (including phenoxy) is 1. The normalized spacial score (nSPS) is 30.1. The summed E-state index contributed by atoms with van der Waals surface area (Å²) in [6.45, 7) is 1.59. The first kappa shape index (κ1) is 20.8. The number of Topliss-reactive ketones (excluding diaryl/α,β-unsaturated/α-hetero) is 1. The molecule has 1 aromatic carbocycles. The third-order valence-electron chi connectivity index (χ3n) is 7.69. The summed E-state index contributed by atoms with van der Waals surface area (Å²) in [7, 11) is 0. The Hall–Kier alpha value is -3.78. The van der Waals surface area contributed by atoms with Gasteiger partial charge in [-0.25, -0.2) is 0 Å². The molecule has 6 rings (SSSR count). The largest absolute Gasteiger partial charge is 0.508 e. The first-order valence-electron chi connectivity index (χ1n) is 11.2. The minimum absolute atomic E-state index is 0.0883. The van der Waals surface area contributed by atoms with Crippen LogP contribution in [0, 0.1) is 23.7 Å². The first-order valence-corrected chi connectivity index (χ1v) is 11.2. The van der Waals surface area contributed by atoms with Crippen LogP contribution < -0.4 is 4.74 Å². The molecule has 3 aliphatic carbocycles. The third kappa shape index (κ3) is 2.75. The number of carbonyl (C=O) groups excluding carboxylic acids is 4. The van der Waals surface area contributed by atoms with Crippen molar-refractivity contribution in [2.75, 3.05) is 0 Å². The molecule has 0 aromatic heterocycles. The molecule has 4 atom stereocenters. The highest BCUT2D eigenvalue weighted by Gasteiger charge is 2.56. The Labute approximate surface area is 194 Å². The fourth-order valence-electron chi connectivity index (χ4n) is 6.18. The van der Waals surface area contributed by atoms with E-state index in [1.807, 2.05) is 6.08 Å². The summed E-state index contributed by atoms with van der Waals surface area (Å²) in [5.74, 6) is -3.67. The topological polar surface area (TPSA) is 121 Å². The fourth-order valence-corrected chi connectivity index (χ4v) is 6.18. The molecule has 1 aromatic rings. The minimum Gasteiger partial charge on any atom is -0.508 e. The van der Waals surface area contributed by atoms with Crippen LogP contribution in [0.2, 0.25) is 0 Å². The standard InChI is InChI=1S/C26H21NO7/c1-11-6-19(29)23-18(24(11)30)9-17-15(3-4-16-22(17)26(32)27(33)25(16)31)21(23)13-7-12-8-14(28)2-5-20(12)34-10-13/h2-3,5-6,8,10,16-17,21-22,28,33H,4,7,9H2,1H3. The second-order valence-electron chi connectivity index (χ2n) is 9.50. The van der Waals surface area contributed by atoms with E-state index in [-0.39, 0.29) is 35.2 Å². The quantitative estimate of drug-likeness (QED) is 0.287. The average molecular weight is 459 g/mol. The molecule has 0 radical (unpaired) electrons.